The highest BCUT2D eigenvalue weighted by Crippen LogP contribution is 2.30. The smallest absolute Gasteiger partial charge is 0.149 e. The fraction of sp³-hybridized carbons (Fsp3) is 0.667. The van der Waals surface area contributed by atoms with Gasteiger partial charge < -0.3 is 4.90 Å². The molecule has 0 aliphatic carbocycles. The molecule has 2 fully saturated rings. The van der Waals surface area contributed by atoms with E-state index in [9.17, 15) is 0 Å². The van der Waals surface area contributed by atoms with E-state index >= 15 is 0 Å². The second kappa shape index (κ2) is 4.42. The minimum atomic E-state index is 0.477. The maximum Gasteiger partial charge on any atom is 0.149 e. The zero-order chi connectivity index (χ0) is 11.8. The molecule has 2 aliphatic rings. The Hall–Kier alpha value is -0.870. The normalized spacial score (nSPS) is 29.4. The molecule has 2 saturated heterocycles. The topological polar surface area (TPSA) is 32.3 Å². The highest BCUT2D eigenvalue weighted by Gasteiger charge is 2.34. The molecule has 2 aliphatic heterocycles. The van der Waals surface area contributed by atoms with Crippen LogP contribution in [0.2, 0.25) is 5.15 Å². The average molecular weight is 253 g/mol. The van der Waals surface area contributed by atoms with Crippen LogP contribution in [-0.4, -0.2) is 47.1 Å². The lowest BCUT2D eigenvalue weighted by atomic mass is 10.1. The van der Waals surface area contributed by atoms with Crippen molar-refractivity contribution in [3.8, 4) is 0 Å². The maximum absolute atomic E-state index is 5.90. The van der Waals surface area contributed by atoms with Crippen LogP contribution in [0.5, 0.6) is 0 Å². The third-order valence-electron chi connectivity index (χ3n) is 4.06. The van der Waals surface area contributed by atoms with Gasteiger partial charge in [-0.2, -0.15) is 0 Å². The molecule has 0 radical (unpaired) electrons. The van der Waals surface area contributed by atoms with Crippen molar-refractivity contribution in [2.24, 2.45) is 0 Å². The molecule has 5 heteroatoms. The summed E-state index contributed by atoms with van der Waals surface area (Å²) in [5, 5.41) is 0.477. The van der Waals surface area contributed by atoms with Gasteiger partial charge in [0.15, 0.2) is 0 Å². The van der Waals surface area contributed by atoms with Gasteiger partial charge in [-0.3, -0.25) is 9.88 Å². The van der Waals surface area contributed by atoms with Gasteiger partial charge in [-0.1, -0.05) is 11.6 Å². The van der Waals surface area contributed by atoms with Crippen LogP contribution in [0.3, 0.4) is 0 Å². The first kappa shape index (κ1) is 11.2. The van der Waals surface area contributed by atoms with Gasteiger partial charge in [0.1, 0.15) is 11.0 Å². The summed E-state index contributed by atoms with van der Waals surface area (Å²) in [7, 11) is 2.25. The van der Waals surface area contributed by atoms with E-state index in [0.29, 0.717) is 11.2 Å². The van der Waals surface area contributed by atoms with Crippen molar-refractivity contribution in [2.45, 2.75) is 31.3 Å². The molecule has 2 unspecified atom stereocenters. The lowest BCUT2D eigenvalue weighted by Gasteiger charge is -2.26. The van der Waals surface area contributed by atoms with Gasteiger partial charge in [-0.25, -0.2) is 4.98 Å². The SMILES string of the molecule is CN1C2CCC1CN(c1cncc(Cl)n1)CC2. The Bertz CT molecular complexity index is 411. The summed E-state index contributed by atoms with van der Waals surface area (Å²) >= 11 is 5.90. The molecule has 17 heavy (non-hydrogen) atoms. The maximum atomic E-state index is 5.90. The van der Waals surface area contributed by atoms with E-state index in [1.54, 1.807) is 6.20 Å². The Morgan fingerprint density at radius 3 is 2.88 bits per heavy atom. The highest BCUT2D eigenvalue weighted by molar-refractivity contribution is 6.29. The van der Waals surface area contributed by atoms with Crippen molar-refractivity contribution < 1.29 is 0 Å². The molecule has 1 aromatic rings. The van der Waals surface area contributed by atoms with Gasteiger partial charge in [0.05, 0.1) is 12.4 Å². The molecule has 4 nitrogen and oxygen atoms in total. The third-order valence-corrected chi connectivity index (χ3v) is 4.25. The Kier molecular flexibility index (Phi) is 2.92. The van der Waals surface area contributed by atoms with E-state index in [0.717, 1.165) is 24.9 Å². The zero-order valence-corrected chi connectivity index (χ0v) is 10.8. The van der Waals surface area contributed by atoms with Crippen LogP contribution >= 0.6 is 11.6 Å². The summed E-state index contributed by atoms with van der Waals surface area (Å²) in [5.41, 5.74) is 0. The summed E-state index contributed by atoms with van der Waals surface area (Å²) in [6.45, 7) is 2.10. The Morgan fingerprint density at radius 1 is 1.24 bits per heavy atom. The zero-order valence-electron chi connectivity index (χ0n) is 10.0. The van der Waals surface area contributed by atoms with Crippen molar-refractivity contribution in [2.75, 3.05) is 25.0 Å². The molecule has 0 aromatic carbocycles. The monoisotopic (exact) mass is 252 g/mol. The fourth-order valence-electron chi connectivity index (χ4n) is 3.00. The number of hydrogen-bond acceptors (Lipinski definition) is 4. The van der Waals surface area contributed by atoms with Crippen LogP contribution in [0.1, 0.15) is 19.3 Å². The number of rotatable bonds is 1. The molecule has 92 valence electrons. The van der Waals surface area contributed by atoms with E-state index in [4.69, 9.17) is 11.6 Å². The highest BCUT2D eigenvalue weighted by atomic mass is 35.5. The molecule has 3 rings (SSSR count). The van der Waals surface area contributed by atoms with E-state index in [-0.39, 0.29) is 0 Å². The second-order valence-electron chi connectivity index (χ2n) is 4.99. The van der Waals surface area contributed by atoms with Crippen LogP contribution in [-0.2, 0) is 0 Å². The van der Waals surface area contributed by atoms with Gasteiger partial charge in [0, 0.05) is 25.2 Å². The van der Waals surface area contributed by atoms with E-state index in [2.05, 4.69) is 26.8 Å². The summed E-state index contributed by atoms with van der Waals surface area (Å²) in [4.78, 5) is 13.3. The molecule has 0 N–H and O–H groups in total. The first-order chi connectivity index (χ1) is 8.24. The lowest BCUT2D eigenvalue weighted by molar-refractivity contribution is 0.254. The van der Waals surface area contributed by atoms with Crippen LogP contribution in [0.4, 0.5) is 5.82 Å². The molecular formula is C12H17ClN4. The number of likely N-dealkylation sites (N-methyl/N-ethyl adjacent to an activating group) is 1. The van der Waals surface area contributed by atoms with E-state index < -0.39 is 0 Å². The van der Waals surface area contributed by atoms with Crippen molar-refractivity contribution in [3.05, 3.63) is 17.5 Å². The number of hydrogen-bond donors (Lipinski definition) is 0. The second-order valence-corrected chi connectivity index (χ2v) is 5.37. The van der Waals surface area contributed by atoms with Crippen molar-refractivity contribution in [1.29, 1.82) is 0 Å². The Balaban J connectivity index is 1.81. The largest absolute Gasteiger partial charge is 0.354 e. The molecular weight excluding hydrogens is 236 g/mol. The molecule has 2 atom stereocenters. The quantitative estimate of drug-likeness (QED) is 0.763. The fourth-order valence-corrected chi connectivity index (χ4v) is 3.14. The van der Waals surface area contributed by atoms with E-state index in [1.165, 1.54) is 19.3 Å². The predicted molar refractivity (Wildman–Crippen MR) is 68.4 cm³/mol. The number of aromatic nitrogens is 2. The van der Waals surface area contributed by atoms with Crippen LogP contribution in [0, 0.1) is 0 Å². The number of fused-ring (bicyclic) bond motifs is 2. The Morgan fingerprint density at radius 2 is 2.06 bits per heavy atom. The predicted octanol–water partition coefficient (Wildman–Crippen LogP) is 1.80. The minimum Gasteiger partial charge on any atom is -0.354 e. The first-order valence-corrected chi connectivity index (χ1v) is 6.56. The number of halogens is 1. The molecule has 0 amide bonds. The van der Waals surface area contributed by atoms with Crippen LogP contribution < -0.4 is 4.90 Å². The van der Waals surface area contributed by atoms with Crippen molar-refractivity contribution >= 4 is 17.4 Å². The van der Waals surface area contributed by atoms with Gasteiger partial charge in [-0.15, -0.1) is 0 Å². The summed E-state index contributed by atoms with van der Waals surface area (Å²) < 4.78 is 0. The lowest BCUT2D eigenvalue weighted by Crippen LogP contribution is -2.37. The van der Waals surface area contributed by atoms with Crippen LogP contribution in [0.25, 0.3) is 0 Å². The van der Waals surface area contributed by atoms with Gasteiger partial charge >= 0.3 is 0 Å². The molecule has 0 spiro atoms. The molecule has 1 aromatic heterocycles. The summed E-state index contributed by atoms with van der Waals surface area (Å²) in [6.07, 6.45) is 7.25. The van der Waals surface area contributed by atoms with Gasteiger partial charge in [-0.05, 0) is 26.3 Å². The average Bonchev–Trinajstić information content (AvgIpc) is 2.53. The van der Waals surface area contributed by atoms with Crippen molar-refractivity contribution in [3.63, 3.8) is 0 Å². The van der Waals surface area contributed by atoms with Gasteiger partial charge in [0.25, 0.3) is 0 Å². The minimum absolute atomic E-state index is 0.477. The summed E-state index contributed by atoms with van der Waals surface area (Å²) in [5.74, 6) is 0.915. The standard InChI is InChI=1S/C12H17ClN4/c1-16-9-2-3-10(16)8-17(5-4-9)12-7-14-6-11(13)15-12/h6-7,9-10H,2-5,8H2,1H3. The number of anilines is 1. The molecule has 3 heterocycles. The number of nitrogens with zero attached hydrogens (tertiary/aromatic N) is 4. The summed E-state index contributed by atoms with van der Waals surface area (Å²) in [6, 6.07) is 1.40. The van der Waals surface area contributed by atoms with Crippen molar-refractivity contribution in [1.82, 2.24) is 14.9 Å². The van der Waals surface area contributed by atoms with E-state index in [1.807, 2.05) is 6.20 Å². The van der Waals surface area contributed by atoms with Gasteiger partial charge in [0.2, 0.25) is 0 Å². The molecule has 0 saturated carbocycles. The first-order valence-electron chi connectivity index (χ1n) is 6.18. The third kappa shape index (κ3) is 2.11. The Labute approximate surface area is 107 Å². The molecule has 2 bridgehead atoms. The van der Waals surface area contributed by atoms with Crippen LogP contribution in [0.15, 0.2) is 12.4 Å².